The molecule has 0 amide bonds. The Morgan fingerprint density at radius 3 is 2.60 bits per heavy atom. The van der Waals surface area contributed by atoms with Crippen molar-refractivity contribution in [1.82, 2.24) is 10.2 Å². The first kappa shape index (κ1) is 26.0. The summed E-state index contributed by atoms with van der Waals surface area (Å²) in [6.45, 7) is 16.3. The first-order valence-electron chi connectivity index (χ1n) is 13.4. The number of allylic oxidation sites excluding steroid dienone is 4. The Balaban J connectivity index is 1.55. The summed E-state index contributed by atoms with van der Waals surface area (Å²) in [5.41, 5.74) is 8.41. The van der Waals surface area contributed by atoms with Crippen LogP contribution in [0.1, 0.15) is 69.4 Å². The molecule has 1 N–H and O–H groups in total. The summed E-state index contributed by atoms with van der Waals surface area (Å²) in [5, 5.41) is 4.50. The van der Waals surface area contributed by atoms with Crippen molar-refractivity contribution in [2.45, 2.75) is 70.8 Å². The molecular weight excluding hydrogens is 448 g/mol. The van der Waals surface area contributed by atoms with Crippen molar-refractivity contribution in [3.63, 3.8) is 0 Å². The van der Waals surface area contributed by atoms with E-state index in [0.29, 0.717) is 12.0 Å². The van der Waals surface area contributed by atoms with Crippen LogP contribution >= 0.6 is 11.6 Å². The highest BCUT2D eigenvalue weighted by Gasteiger charge is 2.43. The monoisotopic (exact) mass is 490 g/mol. The van der Waals surface area contributed by atoms with Gasteiger partial charge in [0, 0.05) is 41.2 Å². The number of aryl methyl sites for hydroxylation is 1. The van der Waals surface area contributed by atoms with Gasteiger partial charge in [-0.05, 0) is 94.5 Å². The van der Waals surface area contributed by atoms with Gasteiger partial charge in [0.05, 0.1) is 0 Å². The molecule has 0 heterocycles. The summed E-state index contributed by atoms with van der Waals surface area (Å²) in [4.78, 5) is 2.66. The molecule has 3 aliphatic rings. The number of hydrogen-bond donors (Lipinski definition) is 1. The topological polar surface area (TPSA) is 15.3 Å². The molecule has 3 aliphatic carbocycles. The number of nitrogens with zero attached hydrogens (tertiary/aromatic N) is 1. The van der Waals surface area contributed by atoms with Crippen molar-refractivity contribution in [2.24, 2.45) is 11.3 Å². The fourth-order valence-electron chi connectivity index (χ4n) is 6.56. The molecule has 4 rings (SSSR count). The fraction of sp³-hybridized carbons (Fsp3) is 0.500. The standard InChI is InChI=1S/C32H43ClN2/c1-6-20-34-24(4)29-14-16-31(29)35(5)22-32(18-7-8-27-21-28(33)13-15-30(27)32)19-17-25-9-11-26(12-10-25)23(2)3/h6,9-12,21,29,31,34H,1-2,4,7-8,13-20,22H2,3,5H3. The molecular formula is C32H43ClN2. The smallest absolute Gasteiger partial charge is 0.0325 e. The van der Waals surface area contributed by atoms with Crippen LogP contribution < -0.4 is 5.32 Å². The zero-order valence-electron chi connectivity index (χ0n) is 21.8. The molecule has 0 saturated heterocycles. The van der Waals surface area contributed by atoms with E-state index < -0.39 is 0 Å². The quantitative estimate of drug-likeness (QED) is 0.316. The van der Waals surface area contributed by atoms with Crippen LogP contribution in [-0.2, 0) is 6.42 Å². The van der Waals surface area contributed by atoms with Crippen LogP contribution in [0.25, 0.3) is 5.57 Å². The van der Waals surface area contributed by atoms with Gasteiger partial charge < -0.3 is 10.2 Å². The molecule has 188 valence electrons. The van der Waals surface area contributed by atoms with Gasteiger partial charge in [0.1, 0.15) is 0 Å². The second kappa shape index (κ2) is 11.4. The van der Waals surface area contributed by atoms with E-state index in [4.69, 9.17) is 11.6 Å². The lowest BCUT2D eigenvalue weighted by Gasteiger charge is -2.50. The molecule has 0 spiro atoms. The van der Waals surface area contributed by atoms with Crippen LogP contribution in [0.3, 0.4) is 0 Å². The van der Waals surface area contributed by atoms with Crippen LogP contribution in [0, 0.1) is 11.3 Å². The molecule has 3 heteroatoms. The molecule has 1 fully saturated rings. The number of nitrogens with one attached hydrogen (secondary N) is 1. The van der Waals surface area contributed by atoms with Gasteiger partial charge in [-0.25, -0.2) is 0 Å². The maximum absolute atomic E-state index is 6.51. The minimum Gasteiger partial charge on any atom is -0.385 e. The van der Waals surface area contributed by atoms with E-state index in [9.17, 15) is 0 Å². The van der Waals surface area contributed by atoms with E-state index in [-0.39, 0.29) is 5.41 Å². The van der Waals surface area contributed by atoms with Gasteiger partial charge in [0.2, 0.25) is 0 Å². The van der Waals surface area contributed by atoms with Crippen molar-refractivity contribution in [1.29, 1.82) is 0 Å². The molecule has 2 nitrogen and oxygen atoms in total. The lowest BCUT2D eigenvalue weighted by molar-refractivity contribution is 0.0582. The highest BCUT2D eigenvalue weighted by atomic mass is 35.5. The van der Waals surface area contributed by atoms with Gasteiger partial charge in [-0.15, -0.1) is 6.58 Å². The highest BCUT2D eigenvalue weighted by molar-refractivity contribution is 6.29. The van der Waals surface area contributed by atoms with Gasteiger partial charge in [-0.3, -0.25) is 0 Å². The van der Waals surface area contributed by atoms with Gasteiger partial charge in [-0.1, -0.05) is 66.2 Å². The number of hydrogen-bond acceptors (Lipinski definition) is 2. The molecule has 1 saturated carbocycles. The van der Waals surface area contributed by atoms with Gasteiger partial charge in [0.25, 0.3) is 0 Å². The Labute approximate surface area is 218 Å². The van der Waals surface area contributed by atoms with E-state index in [2.05, 4.69) is 74.3 Å². The largest absolute Gasteiger partial charge is 0.385 e. The summed E-state index contributed by atoms with van der Waals surface area (Å²) >= 11 is 6.51. The fourth-order valence-corrected chi connectivity index (χ4v) is 6.79. The predicted octanol–water partition coefficient (Wildman–Crippen LogP) is 8.04. The Morgan fingerprint density at radius 2 is 1.94 bits per heavy atom. The summed E-state index contributed by atoms with van der Waals surface area (Å²) < 4.78 is 0. The third-order valence-electron chi connectivity index (χ3n) is 8.69. The molecule has 0 aliphatic heterocycles. The normalized spacial score (nSPS) is 26.0. The first-order valence-corrected chi connectivity index (χ1v) is 13.8. The summed E-state index contributed by atoms with van der Waals surface area (Å²) in [6.07, 6.45) is 14.8. The van der Waals surface area contributed by atoms with Crippen LogP contribution in [0.4, 0.5) is 0 Å². The van der Waals surface area contributed by atoms with E-state index in [1.807, 2.05) is 6.08 Å². The molecule has 0 radical (unpaired) electrons. The number of halogens is 1. The Morgan fingerprint density at radius 1 is 1.17 bits per heavy atom. The molecule has 0 aromatic heterocycles. The maximum Gasteiger partial charge on any atom is 0.0325 e. The lowest BCUT2D eigenvalue weighted by Crippen LogP contribution is -2.52. The van der Waals surface area contributed by atoms with Gasteiger partial charge >= 0.3 is 0 Å². The van der Waals surface area contributed by atoms with E-state index in [1.54, 1.807) is 5.57 Å². The second-order valence-electron chi connectivity index (χ2n) is 11.1. The van der Waals surface area contributed by atoms with Crippen molar-refractivity contribution in [3.8, 4) is 0 Å². The minimum atomic E-state index is 0.222. The molecule has 1 aromatic carbocycles. The molecule has 3 atom stereocenters. The van der Waals surface area contributed by atoms with E-state index in [1.165, 1.54) is 60.9 Å². The zero-order chi connectivity index (χ0) is 25.0. The third kappa shape index (κ3) is 5.87. The molecule has 1 aromatic rings. The van der Waals surface area contributed by atoms with Crippen LogP contribution in [0.15, 0.2) is 78.0 Å². The Kier molecular flexibility index (Phi) is 8.45. The van der Waals surface area contributed by atoms with Crippen LogP contribution in [-0.4, -0.2) is 31.1 Å². The number of rotatable bonds is 11. The average molecular weight is 491 g/mol. The van der Waals surface area contributed by atoms with E-state index >= 15 is 0 Å². The first-order chi connectivity index (χ1) is 16.8. The second-order valence-corrected chi connectivity index (χ2v) is 11.6. The van der Waals surface area contributed by atoms with Crippen molar-refractivity contribution in [2.75, 3.05) is 20.1 Å². The number of benzene rings is 1. The molecule has 0 bridgehead atoms. The maximum atomic E-state index is 6.51. The summed E-state index contributed by atoms with van der Waals surface area (Å²) in [7, 11) is 2.35. The van der Waals surface area contributed by atoms with E-state index in [0.717, 1.165) is 43.0 Å². The van der Waals surface area contributed by atoms with Crippen LogP contribution in [0.2, 0.25) is 0 Å². The van der Waals surface area contributed by atoms with Gasteiger partial charge in [0.15, 0.2) is 0 Å². The predicted molar refractivity (Wildman–Crippen MR) is 152 cm³/mol. The molecule has 3 unspecified atom stereocenters. The summed E-state index contributed by atoms with van der Waals surface area (Å²) in [6, 6.07) is 9.63. The minimum absolute atomic E-state index is 0.222. The molecule has 35 heavy (non-hydrogen) atoms. The lowest BCUT2D eigenvalue weighted by atomic mass is 9.63. The van der Waals surface area contributed by atoms with Crippen molar-refractivity contribution < 1.29 is 0 Å². The van der Waals surface area contributed by atoms with Crippen LogP contribution in [0.5, 0.6) is 0 Å². The summed E-state index contributed by atoms with van der Waals surface area (Å²) in [5.74, 6) is 0.532. The van der Waals surface area contributed by atoms with Crippen molar-refractivity contribution >= 4 is 17.2 Å². The van der Waals surface area contributed by atoms with Crippen molar-refractivity contribution in [3.05, 3.63) is 89.2 Å². The SMILES string of the molecule is C=CCNC(=C)C1CCC1N(C)CC1(CCc2ccc(C(=C)C)cc2)CCCC2=C1CCC(Cl)=C2. The Hall–Kier alpha value is -2.03. The third-order valence-corrected chi connectivity index (χ3v) is 8.99. The average Bonchev–Trinajstić information content (AvgIpc) is 2.81. The zero-order valence-corrected chi connectivity index (χ0v) is 22.6. The van der Waals surface area contributed by atoms with Gasteiger partial charge in [-0.2, -0.15) is 0 Å². The highest BCUT2D eigenvalue weighted by Crippen LogP contribution is 2.50. The Bertz CT molecular complexity index is 1010.